The van der Waals surface area contributed by atoms with Crippen molar-refractivity contribution in [3.8, 4) is 0 Å². The van der Waals surface area contributed by atoms with Crippen LogP contribution in [0, 0.1) is 0 Å². The fourth-order valence-electron chi connectivity index (χ4n) is 1.78. The first kappa shape index (κ1) is 15.2. The summed E-state index contributed by atoms with van der Waals surface area (Å²) in [6.07, 6.45) is 2.50. The zero-order chi connectivity index (χ0) is 14.8. The van der Waals surface area contributed by atoms with Crippen molar-refractivity contribution in [3.63, 3.8) is 0 Å². The van der Waals surface area contributed by atoms with Crippen molar-refractivity contribution in [2.75, 3.05) is 6.26 Å². The summed E-state index contributed by atoms with van der Waals surface area (Å²) in [5.41, 5.74) is 1.44. The van der Waals surface area contributed by atoms with E-state index in [2.05, 4.69) is 20.9 Å². The van der Waals surface area contributed by atoms with Gasteiger partial charge in [-0.15, -0.1) is 0 Å². The number of benzene rings is 1. The van der Waals surface area contributed by atoms with E-state index in [1.54, 1.807) is 18.3 Å². The van der Waals surface area contributed by atoms with Crippen LogP contribution in [0.1, 0.15) is 17.4 Å². The number of hydrogen-bond acceptors (Lipinski definition) is 4. The summed E-state index contributed by atoms with van der Waals surface area (Å²) in [6.45, 7) is 0. The van der Waals surface area contributed by atoms with E-state index in [0.717, 1.165) is 16.4 Å². The van der Waals surface area contributed by atoms with Gasteiger partial charge in [-0.25, -0.2) is 8.42 Å². The van der Waals surface area contributed by atoms with Crippen LogP contribution >= 0.6 is 15.9 Å². The van der Waals surface area contributed by atoms with Crippen molar-refractivity contribution in [1.29, 1.82) is 0 Å². The predicted molar refractivity (Wildman–Crippen MR) is 80.2 cm³/mol. The van der Waals surface area contributed by atoms with Gasteiger partial charge in [0.25, 0.3) is 0 Å². The van der Waals surface area contributed by atoms with E-state index >= 15 is 0 Å². The Morgan fingerprint density at radius 1 is 1.20 bits per heavy atom. The molecule has 106 valence electrons. The van der Waals surface area contributed by atoms with Crippen LogP contribution < -0.4 is 0 Å². The molecule has 0 spiro atoms. The monoisotopic (exact) mass is 355 g/mol. The number of halogens is 1. The van der Waals surface area contributed by atoms with Gasteiger partial charge in [0.1, 0.15) is 0 Å². The predicted octanol–water partition coefficient (Wildman–Crippen LogP) is 2.52. The molecule has 1 aromatic carbocycles. The molecule has 0 amide bonds. The minimum absolute atomic E-state index is 0.246. The smallest absolute Gasteiger partial charge is 0.175 e. The summed E-state index contributed by atoms with van der Waals surface area (Å²) in [4.78, 5) is 4.44. The van der Waals surface area contributed by atoms with E-state index in [-0.39, 0.29) is 4.90 Å². The Bertz CT molecular complexity index is 681. The second kappa shape index (κ2) is 6.03. The molecular formula is C14H14BrNO3S. The first-order chi connectivity index (χ1) is 9.36. The van der Waals surface area contributed by atoms with Crippen LogP contribution in [0.4, 0.5) is 0 Å². The Kier molecular flexibility index (Phi) is 4.57. The lowest BCUT2D eigenvalue weighted by Gasteiger charge is -2.11. The molecule has 20 heavy (non-hydrogen) atoms. The highest BCUT2D eigenvalue weighted by Crippen LogP contribution is 2.20. The van der Waals surface area contributed by atoms with Crippen molar-refractivity contribution in [2.45, 2.75) is 17.4 Å². The van der Waals surface area contributed by atoms with E-state index in [1.807, 2.05) is 12.1 Å². The number of aromatic nitrogens is 1. The Hall–Kier alpha value is -1.24. The molecule has 1 N–H and O–H groups in total. The minimum Gasteiger partial charge on any atom is -0.388 e. The molecule has 2 aromatic rings. The SMILES string of the molecule is CS(=O)(=O)c1ccc(C(O)Cc2ccc(Br)cn2)cc1. The van der Waals surface area contributed by atoms with Gasteiger partial charge in [-0.3, -0.25) is 4.98 Å². The van der Waals surface area contributed by atoms with Crippen LogP contribution in [-0.2, 0) is 16.3 Å². The summed E-state index contributed by atoms with van der Waals surface area (Å²) in [7, 11) is -3.21. The van der Waals surface area contributed by atoms with Crippen LogP contribution in [-0.4, -0.2) is 24.8 Å². The molecule has 0 aliphatic heterocycles. The fourth-order valence-corrected chi connectivity index (χ4v) is 2.65. The average molecular weight is 356 g/mol. The Morgan fingerprint density at radius 3 is 2.35 bits per heavy atom. The van der Waals surface area contributed by atoms with E-state index < -0.39 is 15.9 Å². The van der Waals surface area contributed by atoms with Crippen LogP contribution in [0.5, 0.6) is 0 Å². The topological polar surface area (TPSA) is 67.3 Å². The summed E-state index contributed by atoms with van der Waals surface area (Å²) in [6, 6.07) is 9.95. The first-order valence-electron chi connectivity index (χ1n) is 5.95. The highest BCUT2D eigenvalue weighted by atomic mass is 79.9. The van der Waals surface area contributed by atoms with Crippen LogP contribution in [0.25, 0.3) is 0 Å². The van der Waals surface area contributed by atoms with Crippen molar-refractivity contribution >= 4 is 25.8 Å². The molecule has 4 nitrogen and oxygen atoms in total. The van der Waals surface area contributed by atoms with Gasteiger partial charge < -0.3 is 5.11 Å². The van der Waals surface area contributed by atoms with Gasteiger partial charge in [-0.2, -0.15) is 0 Å². The number of aliphatic hydroxyl groups excluding tert-OH is 1. The maximum atomic E-state index is 11.4. The van der Waals surface area contributed by atoms with Crippen LogP contribution in [0.2, 0.25) is 0 Å². The average Bonchev–Trinajstić information content (AvgIpc) is 2.40. The van der Waals surface area contributed by atoms with E-state index in [9.17, 15) is 13.5 Å². The zero-order valence-electron chi connectivity index (χ0n) is 10.8. The number of aliphatic hydroxyl groups is 1. The van der Waals surface area contributed by atoms with Gasteiger partial charge in [-0.05, 0) is 45.8 Å². The Balaban J connectivity index is 2.13. The molecular weight excluding hydrogens is 342 g/mol. The lowest BCUT2D eigenvalue weighted by Crippen LogP contribution is -2.04. The van der Waals surface area contributed by atoms with Crippen LogP contribution in [0.3, 0.4) is 0 Å². The second-order valence-corrected chi connectivity index (χ2v) is 7.46. The van der Waals surface area contributed by atoms with Crippen molar-refractivity contribution in [2.24, 2.45) is 0 Å². The molecule has 6 heteroatoms. The third-order valence-electron chi connectivity index (χ3n) is 2.88. The third kappa shape index (κ3) is 3.88. The summed E-state index contributed by atoms with van der Waals surface area (Å²) < 4.78 is 23.6. The summed E-state index contributed by atoms with van der Waals surface area (Å²) in [5, 5.41) is 10.1. The molecule has 2 rings (SSSR count). The lowest BCUT2D eigenvalue weighted by molar-refractivity contribution is 0.177. The van der Waals surface area contributed by atoms with Gasteiger partial charge in [-0.1, -0.05) is 12.1 Å². The standard InChI is InChI=1S/C14H14BrNO3S/c1-20(18,19)13-6-2-10(3-7-13)14(17)8-12-5-4-11(15)9-16-12/h2-7,9,14,17H,8H2,1H3. The second-order valence-electron chi connectivity index (χ2n) is 4.53. The van der Waals surface area contributed by atoms with Gasteiger partial charge in [0.2, 0.25) is 0 Å². The minimum atomic E-state index is -3.21. The molecule has 0 fully saturated rings. The quantitative estimate of drug-likeness (QED) is 0.914. The van der Waals surface area contributed by atoms with E-state index in [4.69, 9.17) is 0 Å². The normalized spacial score (nSPS) is 13.2. The number of hydrogen-bond donors (Lipinski definition) is 1. The van der Waals surface area contributed by atoms with Crippen molar-refractivity contribution < 1.29 is 13.5 Å². The maximum absolute atomic E-state index is 11.4. The Labute approximate surface area is 126 Å². The number of sulfone groups is 1. The number of rotatable bonds is 4. The van der Waals surface area contributed by atoms with Gasteiger partial charge in [0.15, 0.2) is 9.84 Å². The maximum Gasteiger partial charge on any atom is 0.175 e. The molecule has 0 aliphatic rings. The molecule has 0 saturated carbocycles. The molecule has 1 atom stereocenters. The molecule has 1 heterocycles. The molecule has 0 aliphatic carbocycles. The number of nitrogens with zero attached hydrogens (tertiary/aromatic N) is 1. The summed E-state index contributed by atoms with van der Waals surface area (Å²) in [5.74, 6) is 0. The fraction of sp³-hybridized carbons (Fsp3) is 0.214. The highest BCUT2D eigenvalue weighted by molar-refractivity contribution is 9.10. The zero-order valence-corrected chi connectivity index (χ0v) is 13.2. The highest BCUT2D eigenvalue weighted by Gasteiger charge is 2.12. The third-order valence-corrected chi connectivity index (χ3v) is 4.48. The molecule has 0 radical (unpaired) electrons. The van der Waals surface area contributed by atoms with E-state index in [1.165, 1.54) is 12.1 Å². The van der Waals surface area contributed by atoms with Gasteiger partial charge in [0, 0.05) is 29.0 Å². The molecule has 0 bridgehead atoms. The molecule has 0 saturated heterocycles. The lowest BCUT2D eigenvalue weighted by atomic mass is 10.0. The van der Waals surface area contributed by atoms with Crippen molar-refractivity contribution in [3.05, 3.63) is 58.3 Å². The van der Waals surface area contributed by atoms with Gasteiger partial charge in [0.05, 0.1) is 11.0 Å². The first-order valence-corrected chi connectivity index (χ1v) is 8.63. The molecule has 1 aromatic heterocycles. The number of pyridine rings is 1. The van der Waals surface area contributed by atoms with Crippen LogP contribution in [0.15, 0.2) is 52.0 Å². The largest absolute Gasteiger partial charge is 0.388 e. The Morgan fingerprint density at radius 2 is 1.85 bits per heavy atom. The van der Waals surface area contributed by atoms with Crippen molar-refractivity contribution in [1.82, 2.24) is 4.98 Å². The summed E-state index contributed by atoms with van der Waals surface area (Å²) >= 11 is 3.30. The van der Waals surface area contributed by atoms with E-state index in [0.29, 0.717) is 12.0 Å². The van der Waals surface area contributed by atoms with Gasteiger partial charge >= 0.3 is 0 Å². The molecule has 1 unspecified atom stereocenters.